The largest absolute Gasteiger partial charge is 0.483 e. The summed E-state index contributed by atoms with van der Waals surface area (Å²) in [6.07, 6.45) is 0. The van der Waals surface area contributed by atoms with Crippen LogP contribution in [-0.2, 0) is 4.79 Å². The van der Waals surface area contributed by atoms with Crippen molar-refractivity contribution < 1.29 is 19.0 Å². The third-order valence-electron chi connectivity index (χ3n) is 2.91. The van der Waals surface area contributed by atoms with Crippen molar-refractivity contribution >= 4 is 21.8 Å². The van der Waals surface area contributed by atoms with Crippen LogP contribution in [0, 0.1) is 5.82 Å². The minimum Gasteiger partial charge on any atom is -0.483 e. The molecule has 0 saturated heterocycles. The number of halogens is 2. The fraction of sp³-hybridized carbons (Fsp3) is 0.462. The van der Waals surface area contributed by atoms with Gasteiger partial charge in [-0.15, -0.1) is 0 Å². The lowest BCUT2D eigenvalue weighted by Crippen LogP contribution is -2.49. The van der Waals surface area contributed by atoms with Crippen molar-refractivity contribution in [3.63, 3.8) is 0 Å². The van der Waals surface area contributed by atoms with Crippen LogP contribution in [0.2, 0.25) is 0 Å². The molecule has 6 heteroatoms. The topological polar surface area (TPSA) is 49.8 Å². The smallest absolute Gasteiger partial charge is 0.260 e. The number of carbonyl (C=O) groups is 1. The van der Waals surface area contributed by atoms with Gasteiger partial charge < -0.3 is 14.7 Å². The van der Waals surface area contributed by atoms with E-state index >= 15 is 0 Å². The van der Waals surface area contributed by atoms with Crippen molar-refractivity contribution in [3.8, 4) is 5.75 Å². The Morgan fingerprint density at radius 3 is 2.68 bits per heavy atom. The van der Waals surface area contributed by atoms with Crippen LogP contribution in [0.1, 0.15) is 13.8 Å². The summed E-state index contributed by atoms with van der Waals surface area (Å²) in [5.74, 6) is -0.260. The first-order valence-electron chi connectivity index (χ1n) is 5.73. The maximum absolute atomic E-state index is 12.9. The van der Waals surface area contributed by atoms with Gasteiger partial charge in [0.2, 0.25) is 0 Å². The molecule has 0 fully saturated rings. The quantitative estimate of drug-likeness (QED) is 0.898. The highest BCUT2D eigenvalue weighted by Crippen LogP contribution is 2.25. The van der Waals surface area contributed by atoms with Gasteiger partial charge in [-0.2, -0.15) is 0 Å². The molecule has 0 aliphatic rings. The van der Waals surface area contributed by atoms with Crippen LogP contribution in [-0.4, -0.2) is 41.7 Å². The molecule has 1 rings (SSSR count). The average Bonchev–Trinajstić information content (AvgIpc) is 2.36. The van der Waals surface area contributed by atoms with E-state index in [2.05, 4.69) is 15.9 Å². The Morgan fingerprint density at radius 1 is 1.53 bits per heavy atom. The van der Waals surface area contributed by atoms with Crippen LogP contribution in [0.4, 0.5) is 4.39 Å². The zero-order valence-corrected chi connectivity index (χ0v) is 12.7. The molecule has 0 radical (unpaired) electrons. The number of hydrogen-bond acceptors (Lipinski definition) is 3. The third kappa shape index (κ3) is 4.18. The van der Waals surface area contributed by atoms with E-state index in [0.29, 0.717) is 10.2 Å². The normalized spacial score (nSPS) is 11.3. The number of benzene rings is 1. The summed E-state index contributed by atoms with van der Waals surface area (Å²) in [5.41, 5.74) is -0.652. The lowest BCUT2D eigenvalue weighted by Gasteiger charge is -2.33. The van der Waals surface area contributed by atoms with Crippen molar-refractivity contribution in [2.75, 3.05) is 20.3 Å². The molecule has 1 aromatic carbocycles. The van der Waals surface area contributed by atoms with Gasteiger partial charge in [-0.05, 0) is 48.0 Å². The molecule has 0 aliphatic heterocycles. The van der Waals surface area contributed by atoms with Gasteiger partial charge in [0.1, 0.15) is 11.6 Å². The Morgan fingerprint density at radius 2 is 2.16 bits per heavy atom. The van der Waals surface area contributed by atoms with Crippen molar-refractivity contribution in [2.45, 2.75) is 19.4 Å². The molecule has 0 saturated carbocycles. The van der Waals surface area contributed by atoms with Gasteiger partial charge in [0, 0.05) is 7.05 Å². The number of amides is 1. The minimum atomic E-state index is -0.652. The van der Waals surface area contributed by atoms with Gasteiger partial charge in [-0.25, -0.2) is 4.39 Å². The number of hydrogen-bond donors (Lipinski definition) is 1. The number of ether oxygens (including phenoxy) is 1. The number of likely N-dealkylation sites (N-methyl/N-ethyl adjacent to an activating group) is 1. The first-order chi connectivity index (χ1) is 8.77. The van der Waals surface area contributed by atoms with E-state index < -0.39 is 5.54 Å². The molecular weight excluding hydrogens is 317 g/mol. The van der Waals surface area contributed by atoms with Crippen molar-refractivity contribution in [3.05, 3.63) is 28.5 Å². The Balaban J connectivity index is 2.64. The molecule has 0 bridgehead atoms. The van der Waals surface area contributed by atoms with E-state index in [1.165, 1.54) is 23.1 Å². The molecule has 106 valence electrons. The molecule has 0 aliphatic carbocycles. The minimum absolute atomic E-state index is 0.143. The third-order valence-corrected chi connectivity index (χ3v) is 3.53. The average molecular weight is 334 g/mol. The van der Waals surface area contributed by atoms with Crippen LogP contribution in [0.15, 0.2) is 22.7 Å². The van der Waals surface area contributed by atoms with Crippen LogP contribution < -0.4 is 4.74 Å². The fourth-order valence-electron chi connectivity index (χ4n) is 1.27. The standard InChI is InChI=1S/C13H17BrFNO3/c1-13(2,8-17)16(3)12(18)7-19-11-5-4-9(15)6-10(11)14/h4-6,17H,7-8H2,1-3H3. The van der Waals surface area contributed by atoms with Gasteiger partial charge in [0.25, 0.3) is 5.91 Å². The second-order valence-corrected chi connectivity index (χ2v) is 5.64. The Labute approximate surface area is 120 Å². The lowest BCUT2D eigenvalue weighted by molar-refractivity contribution is -0.138. The molecule has 0 spiro atoms. The van der Waals surface area contributed by atoms with Crippen molar-refractivity contribution in [1.82, 2.24) is 4.90 Å². The molecule has 1 N–H and O–H groups in total. The Kier molecular flexibility index (Phi) is 5.31. The molecular formula is C13H17BrFNO3. The summed E-state index contributed by atoms with van der Waals surface area (Å²) in [6, 6.07) is 3.97. The molecule has 1 aromatic rings. The Hall–Kier alpha value is -1.14. The maximum Gasteiger partial charge on any atom is 0.260 e. The SMILES string of the molecule is CN(C(=O)COc1ccc(F)cc1Br)C(C)(C)CO. The summed E-state index contributed by atoms with van der Waals surface area (Å²) in [7, 11) is 1.60. The predicted molar refractivity (Wildman–Crippen MR) is 73.5 cm³/mol. The van der Waals surface area contributed by atoms with E-state index in [4.69, 9.17) is 4.74 Å². The van der Waals surface area contributed by atoms with Crippen LogP contribution in [0.5, 0.6) is 5.75 Å². The first kappa shape index (κ1) is 15.9. The number of rotatable bonds is 5. The highest BCUT2D eigenvalue weighted by molar-refractivity contribution is 9.10. The molecule has 0 unspecified atom stereocenters. The molecule has 0 aromatic heterocycles. The second kappa shape index (κ2) is 6.34. The van der Waals surface area contributed by atoms with Gasteiger partial charge in [0.15, 0.2) is 6.61 Å². The molecule has 1 amide bonds. The molecule has 0 heterocycles. The van der Waals surface area contributed by atoms with E-state index in [1.807, 2.05) is 0 Å². The molecule has 0 atom stereocenters. The van der Waals surface area contributed by atoms with E-state index in [9.17, 15) is 14.3 Å². The number of aliphatic hydroxyl groups excluding tert-OH is 1. The summed E-state index contributed by atoms with van der Waals surface area (Å²) in [6.45, 7) is 3.18. The van der Waals surface area contributed by atoms with Gasteiger partial charge in [0.05, 0.1) is 16.6 Å². The maximum atomic E-state index is 12.9. The van der Waals surface area contributed by atoms with Gasteiger partial charge in [-0.3, -0.25) is 4.79 Å². The fourth-order valence-corrected chi connectivity index (χ4v) is 1.74. The van der Waals surface area contributed by atoms with Crippen molar-refractivity contribution in [1.29, 1.82) is 0 Å². The van der Waals surface area contributed by atoms with E-state index in [1.54, 1.807) is 20.9 Å². The van der Waals surface area contributed by atoms with E-state index in [0.717, 1.165) is 0 Å². The number of nitrogens with zero attached hydrogens (tertiary/aromatic N) is 1. The molecule has 4 nitrogen and oxygen atoms in total. The monoisotopic (exact) mass is 333 g/mol. The van der Waals surface area contributed by atoms with Gasteiger partial charge in [-0.1, -0.05) is 0 Å². The zero-order valence-electron chi connectivity index (χ0n) is 11.1. The summed E-state index contributed by atoms with van der Waals surface area (Å²) < 4.78 is 18.7. The molecule has 19 heavy (non-hydrogen) atoms. The van der Waals surface area contributed by atoms with Crippen LogP contribution in [0.3, 0.4) is 0 Å². The highest BCUT2D eigenvalue weighted by atomic mass is 79.9. The van der Waals surface area contributed by atoms with E-state index in [-0.39, 0.29) is 24.9 Å². The zero-order chi connectivity index (χ0) is 14.6. The van der Waals surface area contributed by atoms with Crippen LogP contribution >= 0.6 is 15.9 Å². The predicted octanol–water partition coefficient (Wildman–Crippen LogP) is 2.20. The van der Waals surface area contributed by atoms with Gasteiger partial charge >= 0.3 is 0 Å². The number of aliphatic hydroxyl groups is 1. The summed E-state index contributed by atoms with van der Waals surface area (Å²) >= 11 is 3.16. The second-order valence-electron chi connectivity index (χ2n) is 4.79. The number of carbonyl (C=O) groups excluding carboxylic acids is 1. The summed E-state index contributed by atoms with van der Waals surface area (Å²) in [4.78, 5) is 13.3. The van der Waals surface area contributed by atoms with Crippen LogP contribution in [0.25, 0.3) is 0 Å². The lowest BCUT2D eigenvalue weighted by atomic mass is 10.1. The summed E-state index contributed by atoms with van der Waals surface area (Å²) in [5, 5.41) is 9.19. The highest BCUT2D eigenvalue weighted by Gasteiger charge is 2.26. The Bertz CT molecular complexity index is 465. The first-order valence-corrected chi connectivity index (χ1v) is 6.52. The van der Waals surface area contributed by atoms with Crippen molar-refractivity contribution in [2.24, 2.45) is 0 Å².